The summed E-state index contributed by atoms with van der Waals surface area (Å²) in [5.74, 6) is -0.889. The summed E-state index contributed by atoms with van der Waals surface area (Å²) < 4.78 is 10.3. The van der Waals surface area contributed by atoms with Crippen molar-refractivity contribution in [1.29, 1.82) is 0 Å². The second-order valence-corrected chi connectivity index (χ2v) is 7.86. The normalized spacial score (nSPS) is 12.4. The number of halogens is 1. The van der Waals surface area contributed by atoms with Gasteiger partial charge in [0.15, 0.2) is 6.61 Å². The van der Waals surface area contributed by atoms with Gasteiger partial charge in [0, 0.05) is 17.1 Å². The van der Waals surface area contributed by atoms with Crippen molar-refractivity contribution in [1.82, 2.24) is 10.6 Å². The van der Waals surface area contributed by atoms with Crippen molar-refractivity contribution in [2.75, 3.05) is 13.2 Å². The Morgan fingerprint density at radius 2 is 1.82 bits per heavy atom. The van der Waals surface area contributed by atoms with Crippen molar-refractivity contribution < 1.29 is 23.9 Å². The van der Waals surface area contributed by atoms with Crippen LogP contribution in [0.1, 0.15) is 31.4 Å². The van der Waals surface area contributed by atoms with Crippen LogP contribution in [0.2, 0.25) is 5.02 Å². The largest absolute Gasteiger partial charge is 0.482 e. The maximum Gasteiger partial charge on any atom is 0.344 e. The van der Waals surface area contributed by atoms with Gasteiger partial charge in [-0.15, -0.1) is 0 Å². The molecule has 4 N–H and O–H groups in total. The van der Waals surface area contributed by atoms with E-state index in [0.717, 1.165) is 5.56 Å². The number of benzene rings is 2. The Balaban J connectivity index is 1.84. The molecule has 33 heavy (non-hydrogen) atoms. The highest BCUT2D eigenvalue weighted by Crippen LogP contribution is 2.23. The Morgan fingerprint density at radius 1 is 1.09 bits per heavy atom. The van der Waals surface area contributed by atoms with E-state index in [2.05, 4.69) is 10.6 Å². The van der Waals surface area contributed by atoms with Crippen LogP contribution in [0.4, 0.5) is 0 Å². The van der Waals surface area contributed by atoms with E-state index in [1.54, 1.807) is 32.0 Å². The van der Waals surface area contributed by atoms with Crippen LogP contribution in [0.3, 0.4) is 0 Å². The molecule has 2 aromatic carbocycles. The van der Waals surface area contributed by atoms with Crippen molar-refractivity contribution in [3.05, 3.63) is 64.7 Å². The van der Waals surface area contributed by atoms with Crippen LogP contribution in [0.5, 0.6) is 5.75 Å². The summed E-state index contributed by atoms with van der Waals surface area (Å²) in [6.07, 6.45) is 1.13. The fourth-order valence-corrected chi connectivity index (χ4v) is 3.18. The van der Waals surface area contributed by atoms with Gasteiger partial charge in [-0.25, -0.2) is 4.79 Å². The minimum absolute atomic E-state index is 0.0951. The molecular weight excluding hydrogens is 446 g/mol. The van der Waals surface area contributed by atoms with Gasteiger partial charge in [0.1, 0.15) is 11.8 Å². The zero-order valence-corrected chi connectivity index (χ0v) is 19.6. The Morgan fingerprint density at radius 3 is 2.52 bits per heavy atom. The molecule has 0 aliphatic rings. The van der Waals surface area contributed by atoms with Gasteiger partial charge in [-0.2, -0.15) is 0 Å². The highest BCUT2D eigenvalue weighted by molar-refractivity contribution is 6.30. The molecule has 178 valence electrons. The highest BCUT2D eigenvalue weighted by Gasteiger charge is 2.20. The number of amides is 2. The van der Waals surface area contributed by atoms with Gasteiger partial charge in [-0.3, -0.25) is 9.59 Å². The number of rotatable bonds is 12. The first kappa shape index (κ1) is 26.2. The van der Waals surface area contributed by atoms with E-state index >= 15 is 0 Å². The van der Waals surface area contributed by atoms with Gasteiger partial charge < -0.3 is 25.8 Å². The summed E-state index contributed by atoms with van der Waals surface area (Å²) in [6.45, 7) is 3.37. The maximum atomic E-state index is 12.5. The summed E-state index contributed by atoms with van der Waals surface area (Å²) in [5.41, 5.74) is 7.65. The SMILES string of the molecule is CCOC(=O)COc1ccc(Cl)cc1CNC(=O)[C@H](C)NC(=O)[C@H](N)CCc1ccccc1. The van der Waals surface area contributed by atoms with Crippen molar-refractivity contribution >= 4 is 29.4 Å². The molecule has 9 heteroatoms. The molecule has 8 nitrogen and oxygen atoms in total. The van der Waals surface area contributed by atoms with Gasteiger partial charge in [0.25, 0.3) is 0 Å². The van der Waals surface area contributed by atoms with Crippen LogP contribution < -0.4 is 21.1 Å². The molecule has 0 aromatic heterocycles. The molecule has 0 aliphatic heterocycles. The summed E-state index contributed by atoms with van der Waals surface area (Å²) in [7, 11) is 0. The molecule has 2 amide bonds. The number of nitrogens with two attached hydrogens (primary N) is 1. The van der Waals surface area contributed by atoms with Gasteiger partial charge in [0.2, 0.25) is 11.8 Å². The number of ether oxygens (including phenoxy) is 2. The Labute approximate surface area is 198 Å². The number of hydrogen-bond donors (Lipinski definition) is 3. The van der Waals surface area contributed by atoms with Gasteiger partial charge in [-0.1, -0.05) is 41.9 Å². The fraction of sp³-hybridized carbons (Fsp3) is 0.375. The first-order valence-electron chi connectivity index (χ1n) is 10.7. The van der Waals surface area contributed by atoms with Crippen LogP contribution in [0, 0.1) is 0 Å². The molecule has 2 aromatic rings. The lowest BCUT2D eigenvalue weighted by Gasteiger charge is -2.18. The van der Waals surface area contributed by atoms with E-state index in [-0.39, 0.29) is 19.8 Å². The third-order valence-corrected chi connectivity index (χ3v) is 5.04. The minimum atomic E-state index is -0.789. The Bertz CT molecular complexity index is 939. The Hall–Kier alpha value is -3.10. The minimum Gasteiger partial charge on any atom is -0.482 e. The summed E-state index contributed by atoms with van der Waals surface area (Å²) in [6, 6.07) is 13.1. The predicted molar refractivity (Wildman–Crippen MR) is 126 cm³/mol. The van der Waals surface area contributed by atoms with E-state index in [1.807, 2.05) is 30.3 Å². The number of nitrogens with one attached hydrogen (secondary N) is 2. The third kappa shape index (κ3) is 9.11. The molecule has 2 atom stereocenters. The first-order valence-corrected chi connectivity index (χ1v) is 11.1. The highest BCUT2D eigenvalue weighted by atomic mass is 35.5. The fourth-order valence-electron chi connectivity index (χ4n) is 2.99. The molecular formula is C24H30ClN3O5. The summed E-state index contributed by atoms with van der Waals surface area (Å²) >= 11 is 6.05. The van der Waals surface area contributed by atoms with E-state index < -0.39 is 29.9 Å². The number of esters is 1. The quantitative estimate of drug-likeness (QED) is 0.405. The lowest BCUT2D eigenvalue weighted by atomic mass is 10.1. The zero-order valence-electron chi connectivity index (χ0n) is 18.8. The van der Waals surface area contributed by atoms with E-state index in [0.29, 0.717) is 29.2 Å². The number of aryl methyl sites for hydroxylation is 1. The molecule has 0 aliphatic carbocycles. The molecule has 0 saturated heterocycles. The first-order chi connectivity index (χ1) is 15.8. The Kier molecular flexibility index (Phi) is 10.7. The van der Waals surface area contributed by atoms with E-state index in [9.17, 15) is 14.4 Å². The number of carbonyl (C=O) groups is 3. The van der Waals surface area contributed by atoms with Gasteiger partial charge >= 0.3 is 5.97 Å². The van der Waals surface area contributed by atoms with Crippen molar-refractivity contribution in [2.45, 2.75) is 45.3 Å². The van der Waals surface area contributed by atoms with Crippen LogP contribution in [-0.4, -0.2) is 43.1 Å². The molecule has 0 saturated carbocycles. The molecule has 0 bridgehead atoms. The average Bonchev–Trinajstić information content (AvgIpc) is 2.81. The van der Waals surface area contributed by atoms with E-state index in [4.69, 9.17) is 26.8 Å². The van der Waals surface area contributed by atoms with Crippen molar-refractivity contribution in [2.24, 2.45) is 5.73 Å². The van der Waals surface area contributed by atoms with Crippen LogP contribution in [0.25, 0.3) is 0 Å². The second kappa shape index (κ2) is 13.4. The molecule has 0 unspecified atom stereocenters. The topological polar surface area (TPSA) is 120 Å². The third-order valence-electron chi connectivity index (χ3n) is 4.80. The zero-order chi connectivity index (χ0) is 24.2. The lowest BCUT2D eigenvalue weighted by Crippen LogP contribution is -2.50. The standard InChI is InChI=1S/C24H30ClN3O5/c1-3-32-22(29)15-33-21-12-10-19(25)13-18(21)14-27-23(30)16(2)28-24(31)20(26)11-9-17-7-5-4-6-8-17/h4-8,10,12-13,16,20H,3,9,11,14-15,26H2,1-2H3,(H,27,30)(H,28,31)/t16-,20+/m0/s1. The van der Waals surface area contributed by atoms with E-state index in [1.165, 1.54) is 0 Å². The monoisotopic (exact) mass is 475 g/mol. The van der Waals surface area contributed by atoms with Crippen LogP contribution in [0.15, 0.2) is 48.5 Å². The smallest absolute Gasteiger partial charge is 0.344 e. The van der Waals surface area contributed by atoms with Gasteiger partial charge in [0.05, 0.1) is 12.6 Å². The molecule has 0 fully saturated rings. The predicted octanol–water partition coefficient (Wildman–Crippen LogP) is 2.36. The van der Waals surface area contributed by atoms with Crippen LogP contribution in [-0.2, 0) is 32.1 Å². The number of carbonyl (C=O) groups excluding carboxylic acids is 3. The summed E-state index contributed by atoms with van der Waals surface area (Å²) in [5, 5.41) is 5.82. The maximum absolute atomic E-state index is 12.5. The lowest BCUT2D eigenvalue weighted by molar-refractivity contribution is -0.145. The number of hydrogen-bond acceptors (Lipinski definition) is 6. The second-order valence-electron chi connectivity index (χ2n) is 7.42. The molecule has 0 heterocycles. The molecule has 0 radical (unpaired) electrons. The molecule has 0 spiro atoms. The van der Waals surface area contributed by atoms with Crippen LogP contribution >= 0.6 is 11.6 Å². The molecule has 2 rings (SSSR count). The average molecular weight is 476 g/mol. The summed E-state index contributed by atoms with van der Waals surface area (Å²) in [4.78, 5) is 36.4. The van der Waals surface area contributed by atoms with Crippen molar-refractivity contribution in [3.8, 4) is 5.75 Å². The van der Waals surface area contributed by atoms with Crippen molar-refractivity contribution in [3.63, 3.8) is 0 Å². The van der Waals surface area contributed by atoms with Gasteiger partial charge in [-0.05, 0) is 50.5 Å².